The van der Waals surface area contributed by atoms with Gasteiger partial charge in [0.1, 0.15) is 5.82 Å². The minimum Gasteiger partial charge on any atom is -0.479 e. The molecule has 0 aliphatic carbocycles. The quantitative estimate of drug-likeness (QED) is 0.944. The molecule has 1 aromatic carbocycles. The first-order valence-electron chi connectivity index (χ1n) is 7.28. The first-order chi connectivity index (χ1) is 11.1. The van der Waals surface area contributed by atoms with Crippen molar-refractivity contribution in [1.29, 1.82) is 0 Å². The summed E-state index contributed by atoms with van der Waals surface area (Å²) in [4.78, 5) is 29.9. The maximum Gasteiger partial charge on any atom is 0.334 e. The van der Waals surface area contributed by atoms with E-state index in [4.69, 9.17) is 0 Å². The molecule has 2 aromatic rings. The van der Waals surface area contributed by atoms with Crippen LogP contribution < -0.4 is 0 Å². The molecule has 1 aliphatic heterocycles. The van der Waals surface area contributed by atoms with E-state index >= 15 is 0 Å². The Balaban J connectivity index is 2.11. The van der Waals surface area contributed by atoms with Crippen molar-refractivity contribution in [3.8, 4) is 0 Å². The summed E-state index contributed by atoms with van der Waals surface area (Å²) in [5.41, 5.74) is -1.38. The molecule has 1 atom stereocenters. The van der Waals surface area contributed by atoms with Gasteiger partial charge in [-0.1, -0.05) is 18.2 Å². The molecule has 1 saturated heterocycles. The maximum absolute atomic E-state index is 14.3. The number of likely N-dealkylation sites (tertiary alicyclic amines) is 1. The molecule has 5 nitrogen and oxygen atoms in total. The van der Waals surface area contributed by atoms with Crippen molar-refractivity contribution in [3.63, 3.8) is 0 Å². The summed E-state index contributed by atoms with van der Waals surface area (Å²) in [6.07, 6.45) is 3.58. The summed E-state index contributed by atoms with van der Waals surface area (Å²) in [7, 11) is 0. The van der Waals surface area contributed by atoms with Crippen LogP contribution in [0.15, 0.2) is 48.8 Å². The van der Waals surface area contributed by atoms with Crippen LogP contribution in [0.4, 0.5) is 4.39 Å². The van der Waals surface area contributed by atoms with Gasteiger partial charge in [-0.3, -0.25) is 9.78 Å². The highest BCUT2D eigenvalue weighted by molar-refractivity contribution is 5.98. The molecule has 0 saturated carbocycles. The number of hydrogen-bond acceptors (Lipinski definition) is 3. The number of nitrogens with zero attached hydrogens (tertiary/aromatic N) is 2. The Bertz CT molecular complexity index is 751. The topological polar surface area (TPSA) is 70.5 Å². The van der Waals surface area contributed by atoms with Crippen LogP contribution in [0.2, 0.25) is 0 Å². The zero-order chi connectivity index (χ0) is 16.4. The smallest absolute Gasteiger partial charge is 0.334 e. The second-order valence-electron chi connectivity index (χ2n) is 5.45. The Morgan fingerprint density at radius 3 is 2.65 bits per heavy atom. The number of hydrogen-bond donors (Lipinski definition) is 1. The molecule has 118 valence electrons. The predicted octanol–water partition coefficient (Wildman–Crippen LogP) is 2.44. The summed E-state index contributed by atoms with van der Waals surface area (Å²) in [6.45, 7) is 0.258. The summed E-state index contributed by atoms with van der Waals surface area (Å²) >= 11 is 0. The number of amides is 1. The highest BCUT2D eigenvalue weighted by atomic mass is 19.1. The van der Waals surface area contributed by atoms with Crippen molar-refractivity contribution >= 4 is 11.9 Å². The normalized spacial score (nSPS) is 20.5. The second-order valence-corrected chi connectivity index (χ2v) is 5.45. The van der Waals surface area contributed by atoms with Gasteiger partial charge in [0.05, 0.1) is 5.56 Å². The number of carboxylic acids is 1. The first kappa shape index (κ1) is 15.1. The van der Waals surface area contributed by atoms with E-state index in [9.17, 15) is 19.1 Å². The Morgan fingerprint density at radius 2 is 2.00 bits per heavy atom. The lowest BCUT2D eigenvalue weighted by atomic mass is 9.86. The number of aliphatic carboxylic acids is 1. The monoisotopic (exact) mass is 314 g/mol. The molecule has 1 N–H and O–H groups in total. The lowest BCUT2D eigenvalue weighted by molar-refractivity contribution is -0.149. The van der Waals surface area contributed by atoms with E-state index in [1.807, 2.05) is 0 Å². The zero-order valence-electron chi connectivity index (χ0n) is 12.3. The molecule has 1 amide bonds. The molecular formula is C17H15FN2O3. The summed E-state index contributed by atoms with van der Waals surface area (Å²) in [5.74, 6) is -2.31. The molecule has 0 radical (unpaired) electrons. The number of pyridine rings is 1. The molecule has 1 unspecified atom stereocenters. The van der Waals surface area contributed by atoms with E-state index in [1.54, 1.807) is 18.2 Å². The van der Waals surface area contributed by atoms with E-state index in [0.29, 0.717) is 6.42 Å². The molecule has 2 heterocycles. The van der Waals surface area contributed by atoms with Crippen LogP contribution in [0.1, 0.15) is 28.8 Å². The lowest BCUT2D eigenvalue weighted by Gasteiger charge is -2.35. The third kappa shape index (κ3) is 2.36. The Kier molecular flexibility index (Phi) is 3.82. The van der Waals surface area contributed by atoms with Crippen molar-refractivity contribution < 1.29 is 19.1 Å². The number of carbonyl (C=O) groups is 2. The van der Waals surface area contributed by atoms with Gasteiger partial charge in [-0.25, -0.2) is 9.18 Å². The fourth-order valence-corrected chi connectivity index (χ4v) is 3.15. The molecule has 3 rings (SSSR count). The van der Waals surface area contributed by atoms with Gasteiger partial charge < -0.3 is 10.0 Å². The number of carbonyl (C=O) groups excluding carboxylic acids is 1. The zero-order valence-corrected chi connectivity index (χ0v) is 12.3. The van der Waals surface area contributed by atoms with Gasteiger partial charge in [-0.2, -0.15) is 0 Å². The minimum absolute atomic E-state index is 0.0160. The van der Waals surface area contributed by atoms with Crippen LogP contribution >= 0.6 is 0 Å². The van der Waals surface area contributed by atoms with E-state index < -0.39 is 23.2 Å². The predicted molar refractivity (Wildman–Crippen MR) is 80.2 cm³/mol. The van der Waals surface area contributed by atoms with Crippen LogP contribution in [0, 0.1) is 5.82 Å². The Labute approximate surface area is 132 Å². The average Bonchev–Trinajstić information content (AvgIpc) is 3.01. The number of aromatic nitrogens is 1. The molecular weight excluding hydrogens is 299 g/mol. The number of halogens is 1. The van der Waals surface area contributed by atoms with Crippen LogP contribution in [-0.2, 0) is 10.3 Å². The molecule has 0 bridgehead atoms. The van der Waals surface area contributed by atoms with Crippen molar-refractivity contribution in [3.05, 3.63) is 65.7 Å². The average molecular weight is 314 g/mol. The molecule has 1 aliphatic rings. The first-order valence-corrected chi connectivity index (χ1v) is 7.28. The van der Waals surface area contributed by atoms with Gasteiger partial charge >= 0.3 is 5.97 Å². The lowest BCUT2D eigenvalue weighted by Crippen LogP contribution is -2.51. The van der Waals surface area contributed by atoms with E-state index in [-0.39, 0.29) is 24.1 Å². The van der Waals surface area contributed by atoms with E-state index in [0.717, 1.165) is 0 Å². The minimum atomic E-state index is -1.68. The Morgan fingerprint density at radius 1 is 1.22 bits per heavy atom. The highest BCUT2D eigenvalue weighted by Gasteiger charge is 2.52. The molecule has 6 heteroatoms. The van der Waals surface area contributed by atoms with Crippen molar-refractivity contribution in [2.75, 3.05) is 6.54 Å². The fourth-order valence-electron chi connectivity index (χ4n) is 3.15. The van der Waals surface area contributed by atoms with Crippen molar-refractivity contribution in [2.45, 2.75) is 18.4 Å². The van der Waals surface area contributed by atoms with Crippen molar-refractivity contribution in [2.24, 2.45) is 0 Å². The van der Waals surface area contributed by atoms with Crippen LogP contribution in [-0.4, -0.2) is 33.4 Å². The molecule has 1 aromatic heterocycles. The largest absolute Gasteiger partial charge is 0.479 e. The van der Waals surface area contributed by atoms with Gasteiger partial charge in [0, 0.05) is 24.5 Å². The van der Waals surface area contributed by atoms with Crippen molar-refractivity contribution in [1.82, 2.24) is 9.88 Å². The summed E-state index contributed by atoms with van der Waals surface area (Å²) < 4.78 is 14.3. The number of benzene rings is 1. The molecule has 23 heavy (non-hydrogen) atoms. The third-order valence-electron chi connectivity index (χ3n) is 4.21. The summed E-state index contributed by atoms with van der Waals surface area (Å²) in [6, 6.07) is 8.89. The molecule has 1 fully saturated rings. The van der Waals surface area contributed by atoms with Gasteiger partial charge in [0.2, 0.25) is 0 Å². The summed E-state index contributed by atoms with van der Waals surface area (Å²) in [5, 5.41) is 9.83. The van der Waals surface area contributed by atoms with Crippen LogP contribution in [0.25, 0.3) is 0 Å². The SMILES string of the molecule is O=C(c1cccnc1)N1CCCC1(C(=O)O)c1ccccc1F. The van der Waals surface area contributed by atoms with E-state index in [1.165, 1.54) is 35.5 Å². The van der Waals surface area contributed by atoms with Crippen LogP contribution in [0.3, 0.4) is 0 Å². The second kappa shape index (κ2) is 5.79. The van der Waals surface area contributed by atoms with Gasteiger partial charge in [-0.15, -0.1) is 0 Å². The maximum atomic E-state index is 14.3. The van der Waals surface area contributed by atoms with Gasteiger partial charge in [0.15, 0.2) is 5.54 Å². The van der Waals surface area contributed by atoms with Gasteiger partial charge in [0.25, 0.3) is 5.91 Å². The number of rotatable bonds is 3. The molecule has 0 spiro atoms. The highest BCUT2D eigenvalue weighted by Crippen LogP contribution is 2.41. The van der Waals surface area contributed by atoms with Crippen LogP contribution in [0.5, 0.6) is 0 Å². The Hall–Kier alpha value is -2.76. The third-order valence-corrected chi connectivity index (χ3v) is 4.21. The number of carboxylic acid groups (broad SMARTS) is 1. The fraction of sp³-hybridized carbons (Fsp3) is 0.235. The van der Waals surface area contributed by atoms with E-state index in [2.05, 4.69) is 4.98 Å². The van der Waals surface area contributed by atoms with Gasteiger partial charge in [-0.05, 0) is 31.0 Å². The standard InChI is InChI=1S/C17H15FN2O3/c18-14-7-2-1-6-13(14)17(16(22)23)8-4-10-20(17)15(21)12-5-3-9-19-11-12/h1-3,5-7,9,11H,4,8,10H2,(H,22,23).